The number of ether oxygens (including phenoxy) is 1. The van der Waals surface area contributed by atoms with E-state index in [2.05, 4.69) is 9.98 Å². The van der Waals surface area contributed by atoms with Crippen LogP contribution in [0.1, 0.15) is 19.4 Å². The highest BCUT2D eigenvalue weighted by Crippen LogP contribution is 2.25. The van der Waals surface area contributed by atoms with Gasteiger partial charge in [-0.1, -0.05) is 12.1 Å². The zero-order valence-electron chi connectivity index (χ0n) is 13.1. The van der Waals surface area contributed by atoms with Crippen LogP contribution in [0, 0.1) is 16.0 Å². The number of urea groups is 1. The number of rotatable bonds is 5. The summed E-state index contributed by atoms with van der Waals surface area (Å²) >= 11 is 1.17. The van der Waals surface area contributed by atoms with Gasteiger partial charge in [0.1, 0.15) is 5.92 Å². The molecule has 0 spiro atoms. The molecule has 0 N–H and O–H groups in total. The fourth-order valence-corrected chi connectivity index (χ4v) is 3.18. The van der Waals surface area contributed by atoms with Crippen LogP contribution in [0.15, 0.2) is 34.3 Å². The topological polar surface area (TPSA) is 111 Å². The van der Waals surface area contributed by atoms with Crippen molar-refractivity contribution in [2.75, 3.05) is 6.61 Å². The molecule has 24 heavy (non-hydrogen) atoms. The first-order valence-electron chi connectivity index (χ1n) is 7.13. The number of hydrogen-bond donors (Lipinski definition) is 0. The van der Waals surface area contributed by atoms with Crippen molar-refractivity contribution >= 4 is 40.2 Å². The monoisotopic (exact) mass is 349 g/mol. The normalized spacial score (nSPS) is 17.1. The molecule has 1 aromatic rings. The quantitative estimate of drug-likeness (QED) is 0.459. The van der Waals surface area contributed by atoms with E-state index in [0.29, 0.717) is 17.0 Å². The molecule has 0 saturated carbocycles. The van der Waals surface area contributed by atoms with Crippen LogP contribution >= 0.6 is 11.8 Å². The molecule has 126 valence electrons. The second kappa shape index (κ2) is 7.82. The van der Waals surface area contributed by atoms with E-state index in [0.717, 1.165) is 0 Å². The predicted octanol–water partition coefficient (Wildman–Crippen LogP) is 3.00. The van der Waals surface area contributed by atoms with Crippen LogP contribution in [0.4, 0.5) is 10.5 Å². The standard InChI is InChI=1S/C15H15N3O5S/c1-3-23-14(19)12-9(2)16-15(20)17-13(12)24-8-10-5-4-6-11(7-10)18(21)22/h4-7,12H,3,8H2,1-2H3. The Bertz CT molecular complexity index is 744. The Morgan fingerprint density at radius 3 is 2.83 bits per heavy atom. The van der Waals surface area contributed by atoms with Gasteiger partial charge in [0.2, 0.25) is 0 Å². The Balaban J connectivity index is 2.16. The fourth-order valence-electron chi connectivity index (χ4n) is 2.11. The van der Waals surface area contributed by atoms with Crippen molar-refractivity contribution in [1.82, 2.24) is 0 Å². The predicted molar refractivity (Wildman–Crippen MR) is 90.5 cm³/mol. The smallest absolute Gasteiger partial charge is 0.367 e. The third kappa shape index (κ3) is 4.25. The highest BCUT2D eigenvalue weighted by Gasteiger charge is 2.33. The number of thioether (sulfide) groups is 1. The van der Waals surface area contributed by atoms with E-state index in [1.807, 2.05) is 0 Å². The summed E-state index contributed by atoms with van der Waals surface area (Å²) in [5.41, 5.74) is 0.997. The summed E-state index contributed by atoms with van der Waals surface area (Å²) < 4.78 is 5.01. The van der Waals surface area contributed by atoms with Crippen LogP contribution in [0.2, 0.25) is 0 Å². The minimum Gasteiger partial charge on any atom is -0.465 e. The van der Waals surface area contributed by atoms with Crippen LogP contribution in [-0.4, -0.2) is 34.3 Å². The molecule has 1 aliphatic heterocycles. The number of amides is 2. The summed E-state index contributed by atoms with van der Waals surface area (Å²) in [6, 6.07) is 5.48. The minimum absolute atomic E-state index is 0.0190. The van der Waals surface area contributed by atoms with Gasteiger partial charge in [0.05, 0.1) is 16.6 Å². The van der Waals surface area contributed by atoms with E-state index in [-0.39, 0.29) is 17.3 Å². The van der Waals surface area contributed by atoms with Crippen LogP contribution in [-0.2, 0) is 15.3 Å². The van der Waals surface area contributed by atoms with E-state index in [1.54, 1.807) is 26.0 Å². The molecule has 1 aromatic carbocycles. The molecule has 8 nitrogen and oxygen atoms in total. The van der Waals surface area contributed by atoms with E-state index >= 15 is 0 Å². The average molecular weight is 349 g/mol. The zero-order valence-corrected chi connectivity index (χ0v) is 13.9. The summed E-state index contributed by atoms with van der Waals surface area (Å²) in [6.07, 6.45) is 0. The first kappa shape index (κ1) is 17.8. The molecule has 0 fully saturated rings. The van der Waals surface area contributed by atoms with Crippen molar-refractivity contribution in [2.45, 2.75) is 19.6 Å². The van der Waals surface area contributed by atoms with Gasteiger partial charge >= 0.3 is 12.0 Å². The number of carbonyl (C=O) groups is 2. The Morgan fingerprint density at radius 1 is 1.42 bits per heavy atom. The van der Waals surface area contributed by atoms with Crippen LogP contribution in [0.5, 0.6) is 0 Å². The minimum atomic E-state index is -0.814. The molecular weight excluding hydrogens is 334 g/mol. The molecule has 2 amide bonds. The third-order valence-electron chi connectivity index (χ3n) is 3.17. The number of nitrogens with zero attached hydrogens (tertiary/aromatic N) is 3. The van der Waals surface area contributed by atoms with E-state index in [1.165, 1.54) is 23.9 Å². The lowest BCUT2D eigenvalue weighted by atomic mass is 10.1. The third-order valence-corrected chi connectivity index (χ3v) is 4.27. The molecule has 0 aliphatic carbocycles. The van der Waals surface area contributed by atoms with E-state index in [4.69, 9.17) is 4.74 Å². The number of aliphatic imine (C=N–C) groups is 2. The zero-order chi connectivity index (χ0) is 17.7. The van der Waals surface area contributed by atoms with Crippen molar-refractivity contribution in [3.05, 3.63) is 39.9 Å². The molecule has 1 atom stereocenters. The lowest BCUT2D eigenvalue weighted by Gasteiger charge is -2.19. The van der Waals surface area contributed by atoms with Crippen molar-refractivity contribution in [2.24, 2.45) is 15.9 Å². The van der Waals surface area contributed by atoms with E-state index in [9.17, 15) is 19.7 Å². The first-order chi connectivity index (χ1) is 11.4. The van der Waals surface area contributed by atoms with Crippen molar-refractivity contribution in [1.29, 1.82) is 0 Å². The van der Waals surface area contributed by atoms with Gasteiger partial charge in [-0.3, -0.25) is 14.9 Å². The Hall–Kier alpha value is -2.55. The molecule has 1 unspecified atom stereocenters. The Kier molecular flexibility index (Phi) is 5.80. The van der Waals surface area contributed by atoms with Crippen LogP contribution < -0.4 is 0 Å². The second-order valence-corrected chi connectivity index (χ2v) is 5.88. The number of carbonyl (C=O) groups excluding carboxylic acids is 2. The van der Waals surface area contributed by atoms with Gasteiger partial charge in [-0.2, -0.15) is 9.98 Å². The summed E-state index contributed by atoms with van der Waals surface area (Å²) in [5.74, 6) is -1.00. The van der Waals surface area contributed by atoms with Gasteiger partial charge in [0, 0.05) is 23.6 Å². The maximum Gasteiger partial charge on any atom is 0.367 e. The maximum absolute atomic E-state index is 12.1. The summed E-state index contributed by atoms with van der Waals surface area (Å²) in [6.45, 7) is 3.47. The molecule has 0 aromatic heterocycles. The van der Waals surface area contributed by atoms with E-state index < -0.39 is 22.8 Å². The van der Waals surface area contributed by atoms with Crippen LogP contribution in [0.3, 0.4) is 0 Å². The molecule has 1 aliphatic rings. The van der Waals surface area contributed by atoms with Crippen molar-refractivity contribution < 1.29 is 19.2 Å². The second-order valence-electron chi connectivity index (χ2n) is 4.89. The summed E-state index contributed by atoms with van der Waals surface area (Å²) in [7, 11) is 0. The molecule has 9 heteroatoms. The van der Waals surface area contributed by atoms with Gasteiger partial charge in [-0.15, -0.1) is 11.8 Å². The fraction of sp³-hybridized carbons (Fsp3) is 0.333. The molecule has 0 bridgehead atoms. The lowest BCUT2D eigenvalue weighted by molar-refractivity contribution is -0.384. The number of nitro benzene ring substituents is 1. The molecular formula is C15H15N3O5S. The molecule has 1 heterocycles. The molecule has 0 radical (unpaired) electrons. The highest BCUT2D eigenvalue weighted by molar-refractivity contribution is 8.13. The van der Waals surface area contributed by atoms with Gasteiger partial charge in [-0.25, -0.2) is 4.79 Å². The molecule has 0 saturated heterocycles. The largest absolute Gasteiger partial charge is 0.465 e. The SMILES string of the molecule is CCOC(=O)C1C(C)=NC(=O)N=C1SCc1cccc([N+](=O)[O-])c1. The van der Waals surface area contributed by atoms with Gasteiger partial charge in [-0.05, 0) is 19.4 Å². The van der Waals surface area contributed by atoms with Crippen molar-refractivity contribution in [3.8, 4) is 0 Å². The highest BCUT2D eigenvalue weighted by atomic mass is 32.2. The van der Waals surface area contributed by atoms with Crippen LogP contribution in [0.25, 0.3) is 0 Å². The first-order valence-corrected chi connectivity index (χ1v) is 8.11. The number of nitro groups is 1. The average Bonchev–Trinajstić information content (AvgIpc) is 2.52. The number of benzene rings is 1. The molecule has 2 rings (SSSR count). The maximum atomic E-state index is 12.1. The van der Waals surface area contributed by atoms with Gasteiger partial charge in [0.25, 0.3) is 5.69 Å². The lowest BCUT2D eigenvalue weighted by Crippen LogP contribution is -2.34. The Morgan fingerprint density at radius 2 is 2.17 bits per heavy atom. The number of esters is 1. The summed E-state index contributed by atoms with van der Waals surface area (Å²) in [4.78, 5) is 41.5. The Labute approximate surface area is 142 Å². The van der Waals surface area contributed by atoms with Crippen molar-refractivity contribution in [3.63, 3.8) is 0 Å². The number of non-ortho nitro benzene ring substituents is 1. The number of hydrogen-bond acceptors (Lipinski definition) is 6. The van der Waals surface area contributed by atoms with Gasteiger partial charge < -0.3 is 4.74 Å². The van der Waals surface area contributed by atoms with Gasteiger partial charge in [0.15, 0.2) is 0 Å². The summed E-state index contributed by atoms with van der Waals surface area (Å²) in [5, 5.41) is 11.1.